The summed E-state index contributed by atoms with van der Waals surface area (Å²) in [6.45, 7) is 4.99. The van der Waals surface area contributed by atoms with Crippen molar-refractivity contribution in [1.82, 2.24) is 15.0 Å². The minimum absolute atomic E-state index is 0.00211. The third-order valence-corrected chi connectivity index (χ3v) is 6.19. The number of esters is 1. The average molecular weight is 490 g/mol. The maximum absolute atomic E-state index is 12.1. The lowest BCUT2D eigenvalue weighted by atomic mass is 10.1. The van der Waals surface area contributed by atoms with E-state index in [1.807, 2.05) is 24.3 Å². The van der Waals surface area contributed by atoms with Crippen LogP contribution >= 0.6 is 0 Å². The van der Waals surface area contributed by atoms with Crippen molar-refractivity contribution in [3.05, 3.63) is 55.0 Å². The Kier molecular flexibility index (Phi) is 9.39. The number of nitrogens with zero attached hydrogens (tertiary/aromatic N) is 3. The van der Waals surface area contributed by atoms with Gasteiger partial charge in [0.1, 0.15) is 5.75 Å². The van der Waals surface area contributed by atoms with Gasteiger partial charge in [0.25, 0.3) is 0 Å². The lowest BCUT2D eigenvalue weighted by molar-refractivity contribution is -0.135. The van der Waals surface area contributed by atoms with E-state index in [0.29, 0.717) is 24.1 Å². The highest BCUT2D eigenvalue weighted by Crippen LogP contribution is 2.29. The van der Waals surface area contributed by atoms with Crippen LogP contribution in [0.2, 0.25) is 0 Å². The molecule has 2 unspecified atom stereocenters. The number of carbonyl (C=O) groups excluding carboxylic acids is 1. The molecule has 190 valence electrons. The van der Waals surface area contributed by atoms with Crippen LogP contribution in [0.5, 0.6) is 11.6 Å². The average Bonchev–Trinajstić information content (AvgIpc) is 3.69. The molecule has 0 spiro atoms. The van der Waals surface area contributed by atoms with E-state index in [2.05, 4.69) is 28.8 Å². The van der Waals surface area contributed by atoms with Gasteiger partial charge in [-0.05, 0) is 43.2 Å². The minimum Gasteiger partial charge on any atom is -0.478 e. The van der Waals surface area contributed by atoms with E-state index >= 15 is 0 Å². The molecule has 0 N–H and O–H groups in total. The Morgan fingerprint density at radius 1 is 0.806 bits per heavy atom. The van der Waals surface area contributed by atoms with Gasteiger partial charge in [-0.25, -0.2) is 19.7 Å². The number of benzene rings is 1. The van der Waals surface area contributed by atoms with Crippen LogP contribution in [-0.2, 0) is 9.53 Å². The molecule has 0 bridgehead atoms. The highest BCUT2D eigenvalue weighted by atomic mass is 16.6. The van der Waals surface area contributed by atoms with E-state index in [1.54, 1.807) is 30.7 Å². The Balaban J connectivity index is 1.25. The van der Waals surface area contributed by atoms with Gasteiger partial charge in [-0.3, -0.25) is 0 Å². The smallest absolute Gasteiger partial charge is 0.343 e. The SMILES string of the molecule is CCCCCCCCOc1ccc(-c2cnc(-c3ccc(OC(=O)C4OC4CCC)cc3)nc2)cn1. The van der Waals surface area contributed by atoms with Crippen molar-refractivity contribution in [2.24, 2.45) is 0 Å². The summed E-state index contributed by atoms with van der Waals surface area (Å²) in [5.41, 5.74) is 2.65. The van der Waals surface area contributed by atoms with Crippen LogP contribution in [0.25, 0.3) is 22.5 Å². The van der Waals surface area contributed by atoms with Crippen molar-refractivity contribution in [3.8, 4) is 34.1 Å². The number of pyridine rings is 1. The quantitative estimate of drug-likeness (QED) is 0.112. The molecule has 0 saturated carbocycles. The first kappa shape index (κ1) is 25.8. The zero-order chi connectivity index (χ0) is 25.2. The highest BCUT2D eigenvalue weighted by Gasteiger charge is 2.45. The molecule has 2 aromatic heterocycles. The number of aromatic nitrogens is 3. The molecule has 2 atom stereocenters. The van der Waals surface area contributed by atoms with Crippen LogP contribution in [0.1, 0.15) is 65.2 Å². The summed E-state index contributed by atoms with van der Waals surface area (Å²) in [5, 5.41) is 0. The first-order chi connectivity index (χ1) is 17.7. The van der Waals surface area contributed by atoms with E-state index in [-0.39, 0.29) is 12.1 Å². The predicted octanol–water partition coefficient (Wildman–Crippen LogP) is 6.42. The highest BCUT2D eigenvalue weighted by molar-refractivity contribution is 5.80. The van der Waals surface area contributed by atoms with Crippen LogP contribution in [0.4, 0.5) is 0 Å². The van der Waals surface area contributed by atoms with E-state index in [1.165, 1.54) is 32.1 Å². The van der Waals surface area contributed by atoms with Gasteiger partial charge in [0, 0.05) is 41.3 Å². The van der Waals surface area contributed by atoms with Crippen LogP contribution in [0.15, 0.2) is 55.0 Å². The first-order valence-electron chi connectivity index (χ1n) is 13.1. The van der Waals surface area contributed by atoms with Gasteiger partial charge in [0.05, 0.1) is 12.7 Å². The number of ether oxygens (including phenoxy) is 3. The molecule has 1 fully saturated rings. The number of rotatable bonds is 14. The van der Waals surface area contributed by atoms with Gasteiger partial charge in [-0.1, -0.05) is 52.4 Å². The Hall–Kier alpha value is -3.32. The minimum atomic E-state index is -0.434. The van der Waals surface area contributed by atoms with Crippen LogP contribution < -0.4 is 9.47 Å². The number of hydrogen-bond donors (Lipinski definition) is 0. The number of hydrogen-bond acceptors (Lipinski definition) is 7. The number of epoxide rings is 1. The number of carbonyl (C=O) groups is 1. The molecule has 3 heterocycles. The lowest BCUT2D eigenvalue weighted by Crippen LogP contribution is -2.17. The largest absolute Gasteiger partial charge is 0.478 e. The van der Waals surface area contributed by atoms with Crippen LogP contribution in [-0.4, -0.2) is 39.7 Å². The monoisotopic (exact) mass is 489 g/mol. The molecule has 0 radical (unpaired) electrons. The van der Waals surface area contributed by atoms with Gasteiger partial charge >= 0.3 is 5.97 Å². The standard InChI is InChI=1S/C29H35N3O4/c1-3-5-6-7-8-9-17-34-26-16-13-22(18-30-26)23-19-31-28(32-20-23)21-11-14-24(15-12-21)35-29(33)27-25(36-27)10-4-2/h11-16,18-20,25,27H,3-10,17H2,1-2H3. The molecule has 1 aliphatic rings. The normalized spacial score (nSPS) is 16.5. The molecule has 36 heavy (non-hydrogen) atoms. The van der Waals surface area contributed by atoms with E-state index in [9.17, 15) is 4.79 Å². The predicted molar refractivity (Wildman–Crippen MR) is 139 cm³/mol. The van der Waals surface area contributed by atoms with Gasteiger partial charge in [-0.15, -0.1) is 0 Å². The summed E-state index contributed by atoms with van der Waals surface area (Å²) in [6, 6.07) is 11.0. The Bertz CT molecular complexity index is 1090. The number of unbranched alkanes of at least 4 members (excludes halogenated alkanes) is 5. The molecule has 1 aromatic carbocycles. The maximum Gasteiger partial charge on any atom is 0.343 e. The molecular weight excluding hydrogens is 454 g/mol. The van der Waals surface area contributed by atoms with Crippen LogP contribution in [0, 0.1) is 0 Å². The molecule has 0 amide bonds. The Labute approximate surface area is 213 Å². The third-order valence-electron chi connectivity index (χ3n) is 6.19. The van der Waals surface area contributed by atoms with Gasteiger partial charge in [0.2, 0.25) is 5.88 Å². The van der Waals surface area contributed by atoms with Gasteiger partial charge in [0.15, 0.2) is 11.9 Å². The van der Waals surface area contributed by atoms with Crippen molar-refractivity contribution >= 4 is 5.97 Å². The molecule has 7 heteroatoms. The van der Waals surface area contributed by atoms with Crippen molar-refractivity contribution in [1.29, 1.82) is 0 Å². The molecular formula is C29H35N3O4. The fourth-order valence-electron chi connectivity index (χ4n) is 4.02. The fourth-order valence-corrected chi connectivity index (χ4v) is 4.02. The molecule has 1 aliphatic heterocycles. The van der Waals surface area contributed by atoms with Crippen molar-refractivity contribution < 1.29 is 19.0 Å². The topological polar surface area (TPSA) is 86.7 Å². The summed E-state index contributed by atoms with van der Waals surface area (Å²) in [4.78, 5) is 25.6. The van der Waals surface area contributed by atoms with E-state index < -0.39 is 6.10 Å². The Morgan fingerprint density at radius 2 is 1.50 bits per heavy atom. The Morgan fingerprint density at radius 3 is 2.19 bits per heavy atom. The van der Waals surface area contributed by atoms with Gasteiger partial charge < -0.3 is 14.2 Å². The second kappa shape index (κ2) is 13.1. The first-order valence-corrected chi connectivity index (χ1v) is 13.1. The lowest BCUT2D eigenvalue weighted by Gasteiger charge is -2.07. The van der Waals surface area contributed by atoms with Gasteiger partial charge in [-0.2, -0.15) is 0 Å². The van der Waals surface area contributed by atoms with Crippen molar-refractivity contribution in [3.63, 3.8) is 0 Å². The van der Waals surface area contributed by atoms with Crippen molar-refractivity contribution in [2.45, 2.75) is 77.4 Å². The summed E-state index contributed by atoms with van der Waals surface area (Å²) >= 11 is 0. The molecule has 0 aliphatic carbocycles. The summed E-state index contributed by atoms with van der Waals surface area (Å²) < 4.78 is 16.6. The van der Waals surface area contributed by atoms with Crippen LogP contribution in [0.3, 0.4) is 0 Å². The molecule has 1 saturated heterocycles. The zero-order valence-electron chi connectivity index (χ0n) is 21.2. The van der Waals surface area contributed by atoms with E-state index in [0.717, 1.165) is 36.0 Å². The second-order valence-electron chi connectivity index (χ2n) is 9.13. The summed E-state index contributed by atoms with van der Waals surface area (Å²) in [6.07, 6.45) is 14.2. The molecule has 7 nitrogen and oxygen atoms in total. The molecule has 4 rings (SSSR count). The molecule has 3 aromatic rings. The zero-order valence-corrected chi connectivity index (χ0v) is 21.2. The van der Waals surface area contributed by atoms with Crippen molar-refractivity contribution in [2.75, 3.05) is 6.61 Å². The summed E-state index contributed by atoms with van der Waals surface area (Å²) in [5.74, 6) is 1.38. The fraction of sp³-hybridized carbons (Fsp3) is 0.448. The third kappa shape index (κ3) is 7.34. The van der Waals surface area contributed by atoms with E-state index in [4.69, 9.17) is 14.2 Å². The maximum atomic E-state index is 12.1. The second-order valence-corrected chi connectivity index (χ2v) is 9.13. The summed E-state index contributed by atoms with van der Waals surface area (Å²) in [7, 11) is 0.